The van der Waals surface area contributed by atoms with Crippen LogP contribution in [0.4, 0.5) is 0 Å². The highest BCUT2D eigenvalue weighted by molar-refractivity contribution is 7.89. The van der Waals surface area contributed by atoms with Gasteiger partial charge in [0.05, 0.1) is 27.4 Å². The maximum absolute atomic E-state index is 13.1. The highest BCUT2D eigenvalue weighted by Gasteiger charge is 2.32. The quantitative estimate of drug-likeness (QED) is 0.739. The normalized spacial score (nSPS) is 20.8. The number of hydrogen-bond donors (Lipinski definition) is 0. The molecule has 0 radical (unpaired) electrons. The number of hydrogen-bond acceptors (Lipinski definition) is 6. The molecule has 1 aromatic rings. The highest BCUT2D eigenvalue weighted by Crippen LogP contribution is 2.32. The van der Waals surface area contributed by atoms with Gasteiger partial charge in [-0.15, -0.1) is 0 Å². The molecule has 0 aromatic heterocycles. The van der Waals surface area contributed by atoms with Crippen LogP contribution in [0.3, 0.4) is 0 Å². The van der Waals surface area contributed by atoms with E-state index in [1.165, 1.54) is 20.3 Å². The van der Waals surface area contributed by atoms with Gasteiger partial charge in [-0.1, -0.05) is 0 Å². The van der Waals surface area contributed by atoms with Crippen LogP contribution in [0.5, 0.6) is 11.5 Å². The molecule has 2 aliphatic rings. The first-order chi connectivity index (χ1) is 12.5. The lowest BCUT2D eigenvalue weighted by atomic mass is 9.97. The lowest BCUT2D eigenvalue weighted by molar-refractivity contribution is 0.0269. The molecule has 2 saturated heterocycles. The second-order valence-electron chi connectivity index (χ2n) is 6.78. The third-order valence-corrected chi connectivity index (χ3v) is 7.10. The molecular weight excluding hydrogens is 356 g/mol. The molecule has 0 atom stereocenters. The van der Waals surface area contributed by atoms with Gasteiger partial charge in [0.2, 0.25) is 10.0 Å². The topological polar surface area (TPSA) is 68.3 Å². The van der Waals surface area contributed by atoms with E-state index in [-0.39, 0.29) is 4.90 Å². The van der Waals surface area contributed by atoms with E-state index in [1.807, 2.05) is 0 Å². The summed E-state index contributed by atoms with van der Waals surface area (Å²) in [6.07, 6.45) is 1.76. The second-order valence-corrected chi connectivity index (χ2v) is 8.68. The number of benzene rings is 1. The van der Waals surface area contributed by atoms with Crippen LogP contribution in [-0.2, 0) is 14.8 Å². The van der Waals surface area contributed by atoms with Crippen molar-refractivity contribution in [2.75, 3.05) is 60.2 Å². The molecule has 0 spiro atoms. The van der Waals surface area contributed by atoms with E-state index < -0.39 is 10.0 Å². The van der Waals surface area contributed by atoms with Gasteiger partial charge in [-0.25, -0.2) is 8.42 Å². The summed E-state index contributed by atoms with van der Waals surface area (Å²) in [7, 11) is -0.594. The van der Waals surface area contributed by atoms with Gasteiger partial charge in [0.15, 0.2) is 0 Å². The molecule has 0 unspecified atom stereocenters. The third kappa shape index (κ3) is 4.31. The zero-order valence-corrected chi connectivity index (χ0v) is 16.3. The van der Waals surface area contributed by atoms with Crippen LogP contribution in [0, 0.1) is 5.92 Å². The van der Waals surface area contributed by atoms with E-state index in [9.17, 15) is 8.42 Å². The fourth-order valence-corrected chi connectivity index (χ4v) is 5.25. The Labute approximate surface area is 155 Å². The van der Waals surface area contributed by atoms with Gasteiger partial charge in [-0.2, -0.15) is 4.31 Å². The number of sulfonamides is 1. The number of rotatable bonds is 6. The van der Waals surface area contributed by atoms with Crippen molar-refractivity contribution in [3.63, 3.8) is 0 Å². The molecule has 7 nitrogen and oxygen atoms in total. The Hall–Kier alpha value is -1.35. The van der Waals surface area contributed by atoms with Crippen LogP contribution in [-0.4, -0.2) is 77.8 Å². The minimum Gasteiger partial charge on any atom is -0.497 e. The summed E-state index contributed by atoms with van der Waals surface area (Å²) in [5.41, 5.74) is 0. The molecule has 2 heterocycles. The van der Waals surface area contributed by atoms with E-state index in [4.69, 9.17) is 14.2 Å². The summed E-state index contributed by atoms with van der Waals surface area (Å²) in [6.45, 7) is 5.64. The average molecular weight is 384 g/mol. The van der Waals surface area contributed by atoms with Gasteiger partial charge >= 0.3 is 0 Å². The van der Waals surface area contributed by atoms with Crippen molar-refractivity contribution < 1.29 is 22.6 Å². The summed E-state index contributed by atoms with van der Waals surface area (Å²) >= 11 is 0. The lowest BCUT2D eigenvalue weighted by Gasteiger charge is -2.35. The van der Waals surface area contributed by atoms with Crippen LogP contribution in [0.2, 0.25) is 0 Å². The summed E-state index contributed by atoms with van der Waals surface area (Å²) < 4.78 is 43.6. The van der Waals surface area contributed by atoms with E-state index in [0.29, 0.717) is 30.5 Å². The van der Waals surface area contributed by atoms with Gasteiger partial charge in [0.1, 0.15) is 16.4 Å². The highest BCUT2D eigenvalue weighted by atomic mass is 32.2. The minimum atomic E-state index is -3.60. The van der Waals surface area contributed by atoms with Gasteiger partial charge in [-0.3, -0.25) is 4.90 Å². The summed E-state index contributed by atoms with van der Waals surface area (Å²) in [5, 5.41) is 0. The van der Waals surface area contributed by atoms with E-state index in [2.05, 4.69) is 4.90 Å². The standard InChI is InChI=1S/C18H28N2O5S/c1-23-16-3-4-17(24-2)18(13-16)26(21,22)20-7-5-15(6-8-20)14-19-9-11-25-12-10-19/h3-4,13,15H,5-12,14H2,1-2H3. The summed E-state index contributed by atoms with van der Waals surface area (Å²) in [5.74, 6) is 1.39. The summed E-state index contributed by atoms with van der Waals surface area (Å²) in [6, 6.07) is 4.87. The third-order valence-electron chi connectivity index (χ3n) is 5.18. The number of piperidine rings is 1. The first-order valence-electron chi connectivity index (χ1n) is 9.07. The number of ether oxygens (including phenoxy) is 3. The molecule has 2 fully saturated rings. The smallest absolute Gasteiger partial charge is 0.246 e. The first kappa shape index (κ1) is 19.4. The van der Waals surface area contributed by atoms with Crippen LogP contribution >= 0.6 is 0 Å². The van der Waals surface area contributed by atoms with Crippen LogP contribution in [0.1, 0.15) is 12.8 Å². The summed E-state index contributed by atoms with van der Waals surface area (Å²) in [4.78, 5) is 2.59. The van der Waals surface area contributed by atoms with Crippen LogP contribution in [0.15, 0.2) is 23.1 Å². The Morgan fingerprint density at radius 2 is 1.77 bits per heavy atom. The van der Waals surface area contributed by atoms with E-state index in [1.54, 1.807) is 16.4 Å². The Kier molecular flexibility index (Phi) is 6.39. The van der Waals surface area contributed by atoms with Crippen molar-refractivity contribution in [2.45, 2.75) is 17.7 Å². The molecule has 0 N–H and O–H groups in total. The van der Waals surface area contributed by atoms with Gasteiger partial charge in [0.25, 0.3) is 0 Å². The van der Waals surface area contributed by atoms with Crippen molar-refractivity contribution in [3.05, 3.63) is 18.2 Å². The van der Waals surface area contributed by atoms with E-state index in [0.717, 1.165) is 45.7 Å². The fraction of sp³-hybridized carbons (Fsp3) is 0.667. The molecule has 0 aliphatic carbocycles. The molecule has 2 aliphatic heterocycles. The zero-order chi connectivity index (χ0) is 18.6. The average Bonchev–Trinajstić information content (AvgIpc) is 2.68. The Morgan fingerprint density at radius 3 is 2.38 bits per heavy atom. The molecule has 0 amide bonds. The van der Waals surface area contributed by atoms with Crippen molar-refractivity contribution in [3.8, 4) is 11.5 Å². The number of methoxy groups -OCH3 is 2. The van der Waals surface area contributed by atoms with Crippen LogP contribution < -0.4 is 9.47 Å². The number of nitrogens with zero attached hydrogens (tertiary/aromatic N) is 2. The Bertz CT molecular complexity index is 696. The van der Waals surface area contributed by atoms with Crippen molar-refractivity contribution in [1.29, 1.82) is 0 Å². The Balaban J connectivity index is 1.66. The Morgan fingerprint density at radius 1 is 1.08 bits per heavy atom. The van der Waals surface area contributed by atoms with Crippen molar-refractivity contribution >= 4 is 10.0 Å². The predicted octanol–water partition coefficient (Wildman–Crippen LogP) is 1.44. The monoisotopic (exact) mass is 384 g/mol. The molecule has 146 valence electrons. The zero-order valence-electron chi connectivity index (χ0n) is 15.5. The second kappa shape index (κ2) is 8.56. The molecule has 26 heavy (non-hydrogen) atoms. The fourth-order valence-electron chi connectivity index (χ4n) is 3.61. The largest absolute Gasteiger partial charge is 0.497 e. The molecule has 8 heteroatoms. The van der Waals surface area contributed by atoms with E-state index >= 15 is 0 Å². The predicted molar refractivity (Wildman–Crippen MR) is 98.3 cm³/mol. The van der Waals surface area contributed by atoms with Gasteiger partial charge in [-0.05, 0) is 30.9 Å². The SMILES string of the molecule is COc1ccc(OC)c(S(=O)(=O)N2CCC(CN3CCOCC3)CC2)c1. The van der Waals surface area contributed by atoms with Crippen molar-refractivity contribution in [2.24, 2.45) is 5.92 Å². The van der Waals surface area contributed by atoms with Crippen molar-refractivity contribution in [1.82, 2.24) is 9.21 Å². The lowest BCUT2D eigenvalue weighted by Crippen LogP contribution is -2.44. The first-order valence-corrected chi connectivity index (χ1v) is 10.5. The molecule has 0 saturated carbocycles. The minimum absolute atomic E-state index is 0.172. The molecule has 0 bridgehead atoms. The number of morpholine rings is 1. The molecule has 1 aromatic carbocycles. The molecular formula is C18H28N2O5S. The van der Waals surface area contributed by atoms with Gasteiger partial charge in [0, 0.05) is 38.8 Å². The molecule has 3 rings (SSSR count). The van der Waals surface area contributed by atoms with Crippen LogP contribution in [0.25, 0.3) is 0 Å². The van der Waals surface area contributed by atoms with Gasteiger partial charge < -0.3 is 14.2 Å². The maximum atomic E-state index is 13.1. The maximum Gasteiger partial charge on any atom is 0.246 e.